The van der Waals surface area contributed by atoms with E-state index < -0.39 is 0 Å². The van der Waals surface area contributed by atoms with Gasteiger partial charge in [-0.2, -0.15) is 0 Å². The molecule has 0 spiro atoms. The van der Waals surface area contributed by atoms with Crippen LogP contribution in [0.3, 0.4) is 0 Å². The Kier molecular flexibility index (Phi) is 3.99. The van der Waals surface area contributed by atoms with E-state index in [0.29, 0.717) is 6.61 Å². The van der Waals surface area contributed by atoms with Crippen LogP contribution in [0, 0.1) is 6.92 Å². The maximum Gasteiger partial charge on any atom is 0.126 e. The third-order valence-electron chi connectivity index (χ3n) is 1.91. The number of rotatable bonds is 4. The molecular formula is C13H16O. The lowest BCUT2D eigenvalue weighted by Crippen LogP contribution is -1.91. The molecule has 0 N–H and O–H groups in total. The van der Waals surface area contributed by atoms with Gasteiger partial charge >= 0.3 is 0 Å². The maximum absolute atomic E-state index is 5.50. The number of benzene rings is 1. The van der Waals surface area contributed by atoms with Gasteiger partial charge in [-0.25, -0.2) is 0 Å². The van der Waals surface area contributed by atoms with Gasteiger partial charge in [0, 0.05) is 5.56 Å². The van der Waals surface area contributed by atoms with Crippen molar-refractivity contribution in [3.05, 3.63) is 54.1 Å². The van der Waals surface area contributed by atoms with Gasteiger partial charge in [-0.05, 0) is 19.9 Å². The summed E-state index contributed by atoms with van der Waals surface area (Å²) in [5.41, 5.74) is 2.35. The van der Waals surface area contributed by atoms with Crippen LogP contribution in [0.2, 0.25) is 0 Å². The Labute approximate surface area is 85.7 Å². The van der Waals surface area contributed by atoms with Gasteiger partial charge in [0.2, 0.25) is 0 Å². The minimum Gasteiger partial charge on any atom is -0.493 e. The molecule has 1 heteroatoms. The lowest BCUT2D eigenvalue weighted by molar-refractivity contribution is 0.298. The summed E-state index contributed by atoms with van der Waals surface area (Å²) in [4.78, 5) is 0. The van der Waals surface area contributed by atoms with Crippen LogP contribution in [0.4, 0.5) is 0 Å². The summed E-state index contributed by atoms with van der Waals surface area (Å²) in [6.45, 7) is 8.39. The fourth-order valence-corrected chi connectivity index (χ4v) is 1.21. The average Bonchev–Trinajstić information content (AvgIpc) is 2.19. The Morgan fingerprint density at radius 1 is 1.36 bits per heavy atom. The van der Waals surface area contributed by atoms with Crippen molar-refractivity contribution in [2.24, 2.45) is 0 Å². The highest BCUT2D eigenvalue weighted by Gasteiger charge is 1.99. The molecule has 14 heavy (non-hydrogen) atoms. The zero-order chi connectivity index (χ0) is 10.4. The lowest BCUT2D eigenvalue weighted by atomic mass is 10.1. The van der Waals surface area contributed by atoms with Crippen molar-refractivity contribution in [2.45, 2.75) is 13.8 Å². The van der Waals surface area contributed by atoms with Gasteiger partial charge in [-0.15, -0.1) is 0 Å². The minimum atomic E-state index is 0.674. The predicted molar refractivity (Wildman–Crippen MR) is 61.0 cm³/mol. The van der Waals surface area contributed by atoms with E-state index in [9.17, 15) is 0 Å². The van der Waals surface area contributed by atoms with Crippen molar-refractivity contribution < 1.29 is 4.74 Å². The Balaban J connectivity index is 2.93. The highest BCUT2D eigenvalue weighted by atomic mass is 16.5. The maximum atomic E-state index is 5.50. The summed E-state index contributed by atoms with van der Waals surface area (Å²) in [6.07, 6.45) is 3.62. The first-order valence-electron chi connectivity index (χ1n) is 4.80. The number of aryl methyl sites for hydroxylation is 1. The van der Waals surface area contributed by atoms with Gasteiger partial charge < -0.3 is 4.74 Å². The Morgan fingerprint density at radius 3 is 2.50 bits per heavy atom. The van der Waals surface area contributed by atoms with Gasteiger partial charge in [0.15, 0.2) is 0 Å². The first kappa shape index (κ1) is 10.6. The molecule has 1 rings (SSSR count). The largest absolute Gasteiger partial charge is 0.493 e. The fourth-order valence-electron chi connectivity index (χ4n) is 1.21. The zero-order valence-corrected chi connectivity index (χ0v) is 8.79. The van der Waals surface area contributed by atoms with Crippen molar-refractivity contribution >= 4 is 5.76 Å². The minimum absolute atomic E-state index is 0.674. The van der Waals surface area contributed by atoms with Crippen molar-refractivity contribution in [1.82, 2.24) is 0 Å². The summed E-state index contributed by atoms with van der Waals surface area (Å²) in [5.74, 6) is 0.877. The predicted octanol–water partition coefficient (Wildman–Crippen LogP) is 3.56. The molecule has 0 aliphatic heterocycles. The first-order valence-corrected chi connectivity index (χ1v) is 4.80. The standard InChI is InChI=1S/C13H16O/c1-4-6-13(14-5-2)12-9-7-11(3)8-10-12/h4,6-10H,1,5H2,2-3H3/b13-6+. The van der Waals surface area contributed by atoms with Crippen LogP contribution in [-0.2, 0) is 4.74 Å². The van der Waals surface area contributed by atoms with Crippen molar-refractivity contribution in [3.63, 3.8) is 0 Å². The second kappa shape index (κ2) is 5.28. The molecule has 0 bridgehead atoms. The van der Waals surface area contributed by atoms with E-state index in [1.165, 1.54) is 5.56 Å². The molecule has 74 valence electrons. The van der Waals surface area contributed by atoms with E-state index in [-0.39, 0.29) is 0 Å². The molecule has 0 atom stereocenters. The third kappa shape index (κ3) is 2.77. The molecule has 1 aromatic rings. The summed E-state index contributed by atoms with van der Waals surface area (Å²) < 4.78 is 5.50. The Bertz CT molecular complexity index is 320. The van der Waals surface area contributed by atoms with Crippen LogP contribution in [0.5, 0.6) is 0 Å². The first-order chi connectivity index (χ1) is 6.77. The van der Waals surface area contributed by atoms with Crippen molar-refractivity contribution in [3.8, 4) is 0 Å². The van der Waals surface area contributed by atoms with E-state index in [1.54, 1.807) is 6.08 Å². The van der Waals surface area contributed by atoms with Gasteiger partial charge in [-0.3, -0.25) is 0 Å². The Hall–Kier alpha value is -1.50. The second-order valence-corrected chi connectivity index (χ2v) is 3.07. The number of ether oxygens (including phenoxy) is 1. The molecule has 0 unspecified atom stereocenters. The monoisotopic (exact) mass is 188 g/mol. The van der Waals surface area contributed by atoms with Gasteiger partial charge in [-0.1, -0.05) is 42.5 Å². The van der Waals surface area contributed by atoms with Crippen LogP contribution >= 0.6 is 0 Å². The van der Waals surface area contributed by atoms with Gasteiger partial charge in [0.25, 0.3) is 0 Å². The van der Waals surface area contributed by atoms with Crippen molar-refractivity contribution in [1.29, 1.82) is 0 Å². The Morgan fingerprint density at radius 2 is 2.00 bits per heavy atom. The highest BCUT2D eigenvalue weighted by molar-refractivity contribution is 5.61. The molecule has 1 nitrogen and oxygen atoms in total. The molecule has 0 radical (unpaired) electrons. The molecule has 0 aliphatic rings. The van der Waals surface area contributed by atoms with Crippen LogP contribution < -0.4 is 0 Å². The molecule has 0 aliphatic carbocycles. The second-order valence-electron chi connectivity index (χ2n) is 3.07. The molecular weight excluding hydrogens is 172 g/mol. The van der Waals surface area contributed by atoms with E-state index >= 15 is 0 Å². The SMILES string of the molecule is C=C/C=C(/OCC)c1ccc(C)cc1. The van der Waals surface area contributed by atoms with E-state index in [2.05, 4.69) is 37.8 Å². The van der Waals surface area contributed by atoms with Crippen LogP contribution in [0.1, 0.15) is 18.1 Å². The van der Waals surface area contributed by atoms with Crippen molar-refractivity contribution in [2.75, 3.05) is 6.61 Å². The van der Waals surface area contributed by atoms with Crippen LogP contribution in [0.25, 0.3) is 5.76 Å². The quantitative estimate of drug-likeness (QED) is 0.518. The lowest BCUT2D eigenvalue weighted by Gasteiger charge is -2.08. The third-order valence-corrected chi connectivity index (χ3v) is 1.91. The zero-order valence-electron chi connectivity index (χ0n) is 8.79. The smallest absolute Gasteiger partial charge is 0.126 e. The number of hydrogen-bond acceptors (Lipinski definition) is 1. The summed E-state index contributed by atoms with van der Waals surface area (Å²) in [7, 11) is 0. The fraction of sp³-hybridized carbons (Fsp3) is 0.231. The average molecular weight is 188 g/mol. The molecule has 0 heterocycles. The van der Waals surface area contributed by atoms with Crippen LogP contribution in [0.15, 0.2) is 43.0 Å². The van der Waals surface area contributed by atoms with E-state index in [0.717, 1.165) is 11.3 Å². The van der Waals surface area contributed by atoms with E-state index in [4.69, 9.17) is 4.74 Å². The number of allylic oxidation sites excluding steroid dienone is 2. The summed E-state index contributed by atoms with van der Waals surface area (Å²) in [5, 5.41) is 0. The summed E-state index contributed by atoms with van der Waals surface area (Å²) >= 11 is 0. The molecule has 0 saturated heterocycles. The van der Waals surface area contributed by atoms with Crippen LogP contribution in [-0.4, -0.2) is 6.61 Å². The van der Waals surface area contributed by atoms with Gasteiger partial charge in [0.05, 0.1) is 6.61 Å². The molecule has 0 aromatic heterocycles. The highest BCUT2D eigenvalue weighted by Crippen LogP contribution is 2.16. The molecule has 0 saturated carbocycles. The normalized spacial score (nSPS) is 11.1. The molecule has 1 aromatic carbocycles. The topological polar surface area (TPSA) is 9.23 Å². The summed E-state index contributed by atoms with van der Waals surface area (Å²) in [6, 6.07) is 8.26. The van der Waals surface area contributed by atoms with Gasteiger partial charge in [0.1, 0.15) is 5.76 Å². The molecule has 0 fully saturated rings. The number of hydrogen-bond donors (Lipinski definition) is 0. The van der Waals surface area contributed by atoms with E-state index in [1.807, 2.05) is 13.0 Å². The molecule has 0 amide bonds.